The zero-order chi connectivity index (χ0) is 19.1. The summed E-state index contributed by atoms with van der Waals surface area (Å²) in [5.41, 5.74) is 2.53. The van der Waals surface area contributed by atoms with E-state index in [4.69, 9.17) is 0 Å². The number of hydrogen-bond acceptors (Lipinski definition) is 7. The van der Waals surface area contributed by atoms with Crippen LogP contribution in [0.3, 0.4) is 0 Å². The molecule has 8 heteroatoms. The molecule has 0 saturated carbocycles. The Bertz CT molecular complexity index is 933. The maximum absolute atomic E-state index is 9.77. The molecule has 3 rings (SSSR count). The Labute approximate surface area is 167 Å². The van der Waals surface area contributed by atoms with Gasteiger partial charge in [-0.05, 0) is 24.3 Å². The Morgan fingerprint density at radius 2 is 2.19 bits per heavy atom. The number of imidazole rings is 1. The summed E-state index contributed by atoms with van der Waals surface area (Å²) in [6, 6.07) is 6.05. The number of unbranched alkanes of at least 4 members (excludes halogenated alkanes) is 1. The average Bonchev–Trinajstić information content (AvgIpc) is 3.14. The van der Waals surface area contributed by atoms with Crippen LogP contribution in [0, 0.1) is 11.3 Å². The summed E-state index contributed by atoms with van der Waals surface area (Å²) in [7, 11) is 1.89. The monoisotopic (exact) mass is 396 g/mol. The third-order valence-corrected chi connectivity index (χ3v) is 6.06. The zero-order valence-electron chi connectivity index (χ0n) is 15.3. The van der Waals surface area contributed by atoms with Crippen molar-refractivity contribution in [1.29, 1.82) is 5.26 Å². The van der Waals surface area contributed by atoms with Crippen LogP contribution in [-0.4, -0.2) is 35.3 Å². The molecule has 0 saturated heterocycles. The van der Waals surface area contributed by atoms with Gasteiger partial charge in [-0.1, -0.05) is 25.1 Å². The summed E-state index contributed by atoms with van der Waals surface area (Å²) >= 11 is 3.44. The van der Waals surface area contributed by atoms with Crippen LogP contribution < -0.4 is 0 Å². The Kier molecular flexibility index (Phi) is 6.85. The van der Waals surface area contributed by atoms with E-state index in [1.54, 1.807) is 30.5 Å². The van der Waals surface area contributed by atoms with E-state index in [-0.39, 0.29) is 0 Å². The van der Waals surface area contributed by atoms with E-state index < -0.39 is 0 Å². The fourth-order valence-electron chi connectivity index (χ4n) is 2.39. The number of nitrogens with zero attached hydrogens (tertiary/aromatic N) is 6. The second-order valence-electron chi connectivity index (χ2n) is 5.88. The molecular formula is C19H20N6S2. The van der Waals surface area contributed by atoms with Gasteiger partial charge >= 0.3 is 0 Å². The smallest absolute Gasteiger partial charge is 0.162 e. The maximum Gasteiger partial charge on any atom is 0.162 e. The summed E-state index contributed by atoms with van der Waals surface area (Å²) in [5.74, 6) is 1.67. The van der Waals surface area contributed by atoms with Crippen LogP contribution in [-0.2, 0) is 7.05 Å². The van der Waals surface area contributed by atoms with Gasteiger partial charge in [0, 0.05) is 36.3 Å². The van der Waals surface area contributed by atoms with Crippen molar-refractivity contribution < 1.29 is 0 Å². The van der Waals surface area contributed by atoms with Gasteiger partial charge in [-0.25, -0.2) is 15.0 Å². The fourth-order valence-corrected chi connectivity index (χ4v) is 4.57. The molecule has 0 amide bonds. The number of thioether (sulfide) groups is 2. The van der Waals surface area contributed by atoms with E-state index in [1.165, 1.54) is 12.8 Å². The third kappa shape index (κ3) is 4.87. The summed E-state index contributed by atoms with van der Waals surface area (Å²) in [5, 5.41) is 11.3. The molecule has 0 aliphatic carbocycles. The topological polar surface area (TPSA) is 80.3 Å². The minimum atomic E-state index is 0.474. The molecule has 138 valence electrons. The van der Waals surface area contributed by atoms with Crippen LogP contribution in [0.4, 0.5) is 0 Å². The van der Waals surface area contributed by atoms with E-state index in [1.807, 2.05) is 41.7 Å². The molecule has 27 heavy (non-hydrogen) atoms. The highest BCUT2D eigenvalue weighted by atomic mass is 32.2. The van der Waals surface area contributed by atoms with Crippen molar-refractivity contribution in [2.75, 3.05) is 10.8 Å². The fraction of sp³-hybridized carbons (Fsp3) is 0.316. The second kappa shape index (κ2) is 9.53. The van der Waals surface area contributed by atoms with Crippen molar-refractivity contribution in [2.45, 2.75) is 24.8 Å². The molecule has 0 aliphatic rings. The molecule has 3 heterocycles. The number of aryl methyl sites for hydroxylation is 1. The van der Waals surface area contributed by atoms with Crippen molar-refractivity contribution in [3.63, 3.8) is 0 Å². The molecule has 0 fully saturated rings. The minimum absolute atomic E-state index is 0.474. The lowest BCUT2D eigenvalue weighted by atomic mass is 10.2. The van der Waals surface area contributed by atoms with Crippen LogP contribution in [0.2, 0.25) is 0 Å². The minimum Gasteiger partial charge on any atom is -0.340 e. The summed E-state index contributed by atoms with van der Waals surface area (Å²) in [4.78, 5) is 17.9. The SMILES string of the molecule is CCCCSCSc1nc(-c2cccnc2)nc(-c2cn(C)cn2)c1C#N. The third-order valence-electron chi connectivity index (χ3n) is 3.78. The predicted octanol–water partition coefficient (Wildman–Crippen LogP) is 4.39. The first-order valence-electron chi connectivity index (χ1n) is 8.64. The lowest BCUT2D eigenvalue weighted by molar-refractivity contribution is 0.897. The zero-order valence-corrected chi connectivity index (χ0v) is 16.9. The van der Waals surface area contributed by atoms with Gasteiger partial charge in [0.25, 0.3) is 0 Å². The largest absolute Gasteiger partial charge is 0.340 e. The van der Waals surface area contributed by atoms with Gasteiger partial charge in [-0.15, -0.1) is 0 Å². The van der Waals surface area contributed by atoms with E-state index in [0.717, 1.165) is 16.4 Å². The van der Waals surface area contributed by atoms with Crippen molar-refractivity contribution in [2.24, 2.45) is 7.05 Å². The lowest BCUT2D eigenvalue weighted by Crippen LogP contribution is -2.00. The first-order valence-corrected chi connectivity index (χ1v) is 10.8. The van der Waals surface area contributed by atoms with Gasteiger partial charge in [-0.2, -0.15) is 17.0 Å². The number of aromatic nitrogens is 5. The quantitative estimate of drug-likeness (QED) is 0.242. The van der Waals surface area contributed by atoms with E-state index in [9.17, 15) is 5.26 Å². The molecule has 0 bridgehead atoms. The highest BCUT2D eigenvalue weighted by Gasteiger charge is 2.19. The molecule has 6 nitrogen and oxygen atoms in total. The molecule has 3 aromatic heterocycles. The molecular weight excluding hydrogens is 376 g/mol. The Balaban J connectivity index is 2.01. The Morgan fingerprint density at radius 3 is 2.85 bits per heavy atom. The number of nitriles is 1. The van der Waals surface area contributed by atoms with Crippen molar-refractivity contribution in [3.05, 3.63) is 42.6 Å². The van der Waals surface area contributed by atoms with Gasteiger partial charge in [0.05, 0.1) is 6.33 Å². The molecule has 3 aromatic rings. The van der Waals surface area contributed by atoms with Gasteiger partial charge in [0.15, 0.2) is 5.82 Å². The summed E-state index contributed by atoms with van der Waals surface area (Å²) in [6.45, 7) is 2.19. The van der Waals surface area contributed by atoms with Crippen molar-refractivity contribution in [3.8, 4) is 28.8 Å². The van der Waals surface area contributed by atoms with Crippen LogP contribution in [0.15, 0.2) is 42.1 Å². The number of pyridine rings is 1. The number of rotatable bonds is 8. The Morgan fingerprint density at radius 1 is 1.30 bits per heavy atom. The molecule has 0 unspecified atom stereocenters. The second-order valence-corrected chi connectivity index (χ2v) is 8.31. The van der Waals surface area contributed by atoms with Gasteiger partial charge in [0.1, 0.15) is 28.0 Å². The first kappa shape index (κ1) is 19.4. The molecule has 0 radical (unpaired) electrons. The molecule has 0 aliphatic heterocycles. The lowest BCUT2D eigenvalue weighted by Gasteiger charge is -2.10. The van der Waals surface area contributed by atoms with Crippen LogP contribution in [0.5, 0.6) is 0 Å². The summed E-state index contributed by atoms with van der Waals surface area (Å²) in [6.07, 6.45) is 9.39. The summed E-state index contributed by atoms with van der Waals surface area (Å²) < 4.78 is 1.84. The molecule has 0 atom stereocenters. The molecule has 0 aromatic carbocycles. The highest BCUT2D eigenvalue weighted by molar-refractivity contribution is 8.15. The normalized spacial score (nSPS) is 10.7. The van der Waals surface area contributed by atoms with Crippen LogP contribution in [0.1, 0.15) is 25.3 Å². The first-order chi connectivity index (χ1) is 13.2. The standard InChI is InChI=1S/C19H20N6S2/c1-3-4-8-26-13-27-19-15(9-20)17(16-11-25(2)12-22-16)23-18(24-19)14-6-5-7-21-10-14/h5-7,10-12H,3-4,8,13H2,1-2H3. The van der Waals surface area contributed by atoms with E-state index in [0.29, 0.717) is 27.8 Å². The predicted molar refractivity (Wildman–Crippen MR) is 110 cm³/mol. The van der Waals surface area contributed by atoms with E-state index >= 15 is 0 Å². The highest BCUT2D eigenvalue weighted by Crippen LogP contribution is 2.32. The van der Waals surface area contributed by atoms with E-state index in [2.05, 4.69) is 32.9 Å². The van der Waals surface area contributed by atoms with Gasteiger partial charge in [-0.3, -0.25) is 4.98 Å². The Hall–Kier alpha value is -2.37. The molecule has 0 spiro atoms. The van der Waals surface area contributed by atoms with Crippen molar-refractivity contribution >= 4 is 23.5 Å². The molecule has 0 N–H and O–H groups in total. The van der Waals surface area contributed by atoms with Gasteiger partial charge < -0.3 is 4.57 Å². The van der Waals surface area contributed by atoms with Gasteiger partial charge in [0.2, 0.25) is 0 Å². The maximum atomic E-state index is 9.77. The van der Waals surface area contributed by atoms with Crippen molar-refractivity contribution in [1.82, 2.24) is 24.5 Å². The average molecular weight is 397 g/mol. The van der Waals surface area contributed by atoms with Crippen LogP contribution >= 0.6 is 23.5 Å². The van der Waals surface area contributed by atoms with Crippen LogP contribution in [0.25, 0.3) is 22.8 Å². The number of hydrogen-bond donors (Lipinski definition) is 0.